The maximum absolute atomic E-state index is 11.4. The number of ketones is 1. The Morgan fingerprint density at radius 2 is 2.13 bits per heavy atom. The predicted molar refractivity (Wildman–Crippen MR) is 110 cm³/mol. The Morgan fingerprint density at radius 3 is 2.87 bits per heavy atom. The van der Waals surface area contributed by atoms with E-state index in [1.54, 1.807) is 23.3 Å². The molecule has 0 aliphatic carbocycles. The first kappa shape index (κ1) is 19.2. The molecule has 30 heavy (non-hydrogen) atoms. The molecule has 0 radical (unpaired) electrons. The largest absolute Gasteiger partial charge is 0.381 e. The van der Waals surface area contributed by atoms with Gasteiger partial charge in [0, 0.05) is 23.2 Å². The fourth-order valence-electron chi connectivity index (χ4n) is 3.21. The second kappa shape index (κ2) is 7.71. The Bertz CT molecular complexity index is 1280. The number of fused-ring (bicyclic) bond motifs is 1. The van der Waals surface area contributed by atoms with Crippen LogP contribution < -0.4 is 5.32 Å². The highest BCUT2D eigenvalue weighted by molar-refractivity contribution is 5.94. The van der Waals surface area contributed by atoms with Gasteiger partial charge >= 0.3 is 0 Å². The summed E-state index contributed by atoms with van der Waals surface area (Å²) in [6, 6.07) is 4.19. The predicted octanol–water partition coefficient (Wildman–Crippen LogP) is 2.42. The molecule has 0 aliphatic rings. The molecule has 0 aromatic carbocycles. The second-order valence-electron chi connectivity index (χ2n) is 7.21. The Hall–Kier alpha value is -4.13. The lowest BCUT2D eigenvalue weighted by Gasteiger charge is -2.16. The molecule has 0 saturated heterocycles. The van der Waals surface area contributed by atoms with Crippen LogP contribution in [0.5, 0.6) is 0 Å². The van der Waals surface area contributed by atoms with Gasteiger partial charge in [0.05, 0.1) is 47.7 Å². The van der Waals surface area contributed by atoms with Gasteiger partial charge in [0.25, 0.3) is 0 Å². The molecular weight excluding hydrogens is 382 g/mol. The second-order valence-corrected chi connectivity index (χ2v) is 7.21. The molecule has 0 spiro atoms. The quantitative estimate of drug-likeness (QED) is 0.502. The smallest absolute Gasteiger partial charge is 0.155 e. The number of H-pyrrole nitrogens is 1. The standard InChI is InChI=1S/C20H19N9O/c1-11(2)25-16-5-17(19-13(6-21)7-23-20-15(19)8-24-27-20)22-9-18(16)29-10-14(26-28-29)4-12(3)30/h5,7-11H,4H2,1-3H3,(H,22,25)(H,23,24,27). The van der Waals surface area contributed by atoms with E-state index in [-0.39, 0.29) is 18.2 Å². The van der Waals surface area contributed by atoms with Gasteiger partial charge in [0.15, 0.2) is 5.65 Å². The maximum atomic E-state index is 11.4. The molecule has 0 atom stereocenters. The number of aromatic amines is 1. The number of aromatic nitrogens is 7. The zero-order chi connectivity index (χ0) is 21.3. The molecule has 4 aromatic heterocycles. The van der Waals surface area contributed by atoms with Crippen molar-refractivity contribution in [3.8, 4) is 23.0 Å². The third-order valence-electron chi connectivity index (χ3n) is 4.40. The van der Waals surface area contributed by atoms with E-state index in [1.165, 1.54) is 13.1 Å². The summed E-state index contributed by atoms with van der Waals surface area (Å²) in [4.78, 5) is 20.2. The molecule has 10 heteroatoms. The molecule has 0 fully saturated rings. The topological polar surface area (TPSA) is 138 Å². The molecule has 0 bridgehead atoms. The number of hydrogen-bond donors (Lipinski definition) is 2. The molecule has 0 amide bonds. The number of hydrogen-bond acceptors (Lipinski definition) is 8. The van der Waals surface area contributed by atoms with Gasteiger partial charge in [0.1, 0.15) is 17.5 Å². The zero-order valence-corrected chi connectivity index (χ0v) is 16.7. The zero-order valence-electron chi connectivity index (χ0n) is 16.7. The first-order valence-electron chi connectivity index (χ1n) is 9.36. The van der Waals surface area contributed by atoms with Crippen LogP contribution in [0.25, 0.3) is 28.0 Å². The molecule has 4 heterocycles. The summed E-state index contributed by atoms with van der Waals surface area (Å²) in [5.74, 6) is 0.0156. The van der Waals surface area contributed by atoms with Crippen molar-refractivity contribution < 1.29 is 4.79 Å². The third kappa shape index (κ3) is 3.60. The summed E-state index contributed by atoms with van der Waals surface area (Å²) >= 11 is 0. The van der Waals surface area contributed by atoms with Crippen LogP contribution in [0, 0.1) is 11.3 Å². The number of carbonyl (C=O) groups excluding carboxylic acids is 1. The number of anilines is 1. The average Bonchev–Trinajstić information content (AvgIpc) is 3.35. The van der Waals surface area contributed by atoms with E-state index in [0.717, 1.165) is 5.69 Å². The SMILES string of the molecule is CC(=O)Cc1cn(-c2cnc(-c3c(C#N)cnc4[nH]ncc34)cc2NC(C)C)nn1. The van der Waals surface area contributed by atoms with Gasteiger partial charge in [-0.25, -0.2) is 9.67 Å². The fourth-order valence-corrected chi connectivity index (χ4v) is 3.21. The maximum Gasteiger partial charge on any atom is 0.155 e. The van der Waals surface area contributed by atoms with E-state index in [4.69, 9.17) is 0 Å². The summed E-state index contributed by atoms with van der Waals surface area (Å²) in [6.07, 6.45) is 6.74. The Balaban J connectivity index is 1.85. The van der Waals surface area contributed by atoms with E-state index in [2.05, 4.69) is 41.9 Å². The molecule has 0 saturated carbocycles. The molecule has 4 aromatic rings. The number of nitrogens with one attached hydrogen (secondary N) is 2. The molecule has 10 nitrogen and oxygen atoms in total. The lowest BCUT2D eigenvalue weighted by atomic mass is 10.0. The van der Waals surface area contributed by atoms with E-state index < -0.39 is 0 Å². The highest BCUT2D eigenvalue weighted by atomic mass is 16.1. The van der Waals surface area contributed by atoms with Crippen LogP contribution in [0.4, 0.5) is 5.69 Å². The Kier molecular flexibility index (Phi) is 4.93. The van der Waals surface area contributed by atoms with Gasteiger partial charge in [-0.2, -0.15) is 10.4 Å². The lowest BCUT2D eigenvalue weighted by molar-refractivity contribution is -0.116. The highest BCUT2D eigenvalue weighted by Crippen LogP contribution is 2.32. The van der Waals surface area contributed by atoms with Gasteiger partial charge in [-0.05, 0) is 26.8 Å². The minimum absolute atomic E-state index is 0.0156. The highest BCUT2D eigenvalue weighted by Gasteiger charge is 2.17. The molecule has 0 aliphatic heterocycles. The Morgan fingerprint density at radius 1 is 1.30 bits per heavy atom. The summed E-state index contributed by atoms with van der Waals surface area (Å²) in [5, 5.41) is 28.8. The van der Waals surface area contributed by atoms with E-state index >= 15 is 0 Å². The number of rotatable bonds is 6. The van der Waals surface area contributed by atoms with Gasteiger partial charge < -0.3 is 5.32 Å². The van der Waals surface area contributed by atoms with E-state index in [1.807, 2.05) is 19.9 Å². The first-order chi connectivity index (χ1) is 14.5. The van der Waals surface area contributed by atoms with Gasteiger partial charge in [-0.3, -0.25) is 14.9 Å². The fraction of sp³-hybridized carbons (Fsp3) is 0.250. The number of nitriles is 1. The minimum atomic E-state index is 0.0156. The van der Waals surface area contributed by atoms with Crippen LogP contribution in [-0.4, -0.2) is 47.0 Å². The summed E-state index contributed by atoms with van der Waals surface area (Å²) < 4.78 is 1.59. The van der Waals surface area contributed by atoms with Crippen molar-refractivity contribution in [2.24, 2.45) is 0 Å². The third-order valence-corrected chi connectivity index (χ3v) is 4.40. The van der Waals surface area contributed by atoms with Crippen LogP contribution in [0.2, 0.25) is 0 Å². The number of nitrogens with zero attached hydrogens (tertiary/aromatic N) is 7. The van der Waals surface area contributed by atoms with E-state index in [9.17, 15) is 10.1 Å². The summed E-state index contributed by atoms with van der Waals surface area (Å²) in [6.45, 7) is 5.56. The number of carbonyl (C=O) groups is 1. The van der Waals surface area contributed by atoms with Crippen molar-refractivity contribution in [3.63, 3.8) is 0 Å². The molecular formula is C20H19N9O. The average molecular weight is 401 g/mol. The van der Waals surface area contributed by atoms with Crippen molar-refractivity contribution in [2.75, 3.05) is 5.32 Å². The van der Waals surface area contributed by atoms with Gasteiger partial charge in [0.2, 0.25) is 0 Å². The van der Waals surface area contributed by atoms with Crippen molar-refractivity contribution in [1.82, 2.24) is 35.2 Å². The Labute approximate surface area is 172 Å². The summed E-state index contributed by atoms with van der Waals surface area (Å²) in [5.41, 5.74) is 4.30. The van der Waals surface area contributed by atoms with Crippen molar-refractivity contribution in [3.05, 3.63) is 42.1 Å². The minimum Gasteiger partial charge on any atom is -0.381 e. The monoisotopic (exact) mass is 401 g/mol. The van der Waals surface area contributed by atoms with Crippen LogP contribution in [0.3, 0.4) is 0 Å². The van der Waals surface area contributed by atoms with Gasteiger partial charge in [-0.1, -0.05) is 5.21 Å². The molecule has 4 rings (SSSR count). The van der Waals surface area contributed by atoms with Crippen molar-refractivity contribution in [2.45, 2.75) is 33.2 Å². The molecule has 0 unspecified atom stereocenters. The van der Waals surface area contributed by atoms with Gasteiger partial charge in [-0.15, -0.1) is 5.10 Å². The molecule has 2 N–H and O–H groups in total. The lowest BCUT2D eigenvalue weighted by Crippen LogP contribution is -2.13. The molecule has 150 valence electrons. The van der Waals surface area contributed by atoms with Crippen LogP contribution in [0.1, 0.15) is 32.0 Å². The normalized spacial score (nSPS) is 11.0. The van der Waals surface area contributed by atoms with Crippen LogP contribution in [-0.2, 0) is 11.2 Å². The van der Waals surface area contributed by atoms with Crippen LogP contribution >= 0.6 is 0 Å². The van der Waals surface area contributed by atoms with Crippen molar-refractivity contribution in [1.29, 1.82) is 5.26 Å². The number of pyridine rings is 2. The number of Topliss-reactive ketones (excluding diaryl/α,β-unsaturated/α-hetero) is 1. The van der Waals surface area contributed by atoms with E-state index in [0.29, 0.717) is 39.2 Å². The summed E-state index contributed by atoms with van der Waals surface area (Å²) in [7, 11) is 0. The van der Waals surface area contributed by atoms with Crippen LogP contribution in [0.15, 0.2) is 30.9 Å². The first-order valence-corrected chi connectivity index (χ1v) is 9.36. The van der Waals surface area contributed by atoms with Crippen molar-refractivity contribution >= 4 is 22.5 Å².